The molecule has 1 aromatic heterocycles. The molecular weight excluding hydrogens is 292 g/mol. The first-order valence-electron chi connectivity index (χ1n) is 7.22. The van der Waals surface area contributed by atoms with Gasteiger partial charge in [-0.15, -0.1) is 0 Å². The van der Waals surface area contributed by atoms with Gasteiger partial charge in [-0.3, -0.25) is 10.1 Å². The van der Waals surface area contributed by atoms with Gasteiger partial charge in [0.25, 0.3) is 5.69 Å². The number of nitro groups is 1. The first kappa shape index (κ1) is 14.8. The second-order valence-corrected chi connectivity index (χ2v) is 5.21. The molecule has 0 saturated heterocycles. The maximum absolute atomic E-state index is 10.6. The minimum absolute atomic E-state index is 0.0967. The molecule has 6 nitrogen and oxygen atoms in total. The molecule has 23 heavy (non-hydrogen) atoms. The molecule has 2 aromatic carbocycles. The van der Waals surface area contributed by atoms with E-state index in [0.29, 0.717) is 6.54 Å². The molecular formula is C17H16N4O2. The number of aromatic nitrogens is 2. The van der Waals surface area contributed by atoms with Crippen molar-refractivity contribution in [2.24, 2.45) is 0 Å². The molecule has 1 N–H and O–H groups in total. The molecule has 0 saturated carbocycles. The molecule has 0 spiro atoms. The van der Waals surface area contributed by atoms with E-state index in [2.05, 4.69) is 34.6 Å². The number of imidazole rings is 1. The van der Waals surface area contributed by atoms with Crippen LogP contribution in [0.5, 0.6) is 0 Å². The fourth-order valence-electron chi connectivity index (χ4n) is 2.26. The zero-order valence-corrected chi connectivity index (χ0v) is 12.4. The van der Waals surface area contributed by atoms with Crippen LogP contribution in [-0.2, 0) is 13.1 Å². The number of rotatable bonds is 6. The standard InChI is InChI=1S/C17H16N4O2/c22-21(23)17-7-5-16(6-8-17)19-11-14-1-3-15(4-2-14)12-20-10-9-18-13-20/h1-10,13,19H,11-12H2. The molecule has 0 atom stereocenters. The van der Waals surface area contributed by atoms with Crippen LogP contribution in [0, 0.1) is 10.1 Å². The number of anilines is 1. The summed E-state index contributed by atoms with van der Waals surface area (Å²) in [4.78, 5) is 14.2. The number of nitrogens with zero attached hydrogens (tertiary/aromatic N) is 3. The number of nitrogens with one attached hydrogen (secondary N) is 1. The third-order valence-electron chi connectivity index (χ3n) is 3.52. The second-order valence-electron chi connectivity index (χ2n) is 5.21. The van der Waals surface area contributed by atoms with Crippen molar-refractivity contribution >= 4 is 11.4 Å². The van der Waals surface area contributed by atoms with Gasteiger partial charge in [0.15, 0.2) is 0 Å². The van der Waals surface area contributed by atoms with Gasteiger partial charge < -0.3 is 9.88 Å². The lowest BCUT2D eigenvalue weighted by Gasteiger charge is -2.08. The Morgan fingerprint density at radius 2 is 1.74 bits per heavy atom. The zero-order valence-electron chi connectivity index (χ0n) is 12.4. The molecule has 0 aliphatic heterocycles. The lowest BCUT2D eigenvalue weighted by atomic mass is 10.1. The SMILES string of the molecule is O=[N+]([O-])c1ccc(NCc2ccc(Cn3ccnc3)cc2)cc1. The Kier molecular flexibility index (Phi) is 4.33. The van der Waals surface area contributed by atoms with Crippen molar-refractivity contribution < 1.29 is 4.92 Å². The van der Waals surface area contributed by atoms with Crippen molar-refractivity contribution in [2.45, 2.75) is 13.1 Å². The van der Waals surface area contributed by atoms with E-state index in [4.69, 9.17) is 0 Å². The number of nitro benzene ring substituents is 1. The molecule has 0 aliphatic carbocycles. The summed E-state index contributed by atoms with van der Waals surface area (Å²) in [5, 5.41) is 13.9. The predicted octanol–water partition coefficient (Wildman–Crippen LogP) is 3.45. The summed E-state index contributed by atoms with van der Waals surface area (Å²) in [5.74, 6) is 0. The van der Waals surface area contributed by atoms with E-state index in [1.54, 1.807) is 24.7 Å². The molecule has 0 bridgehead atoms. The van der Waals surface area contributed by atoms with Crippen LogP contribution in [0.4, 0.5) is 11.4 Å². The summed E-state index contributed by atoms with van der Waals surface area (Å²) in [6.45, 7) is 1.47. The van der Waals surface area contributed by atoms with Gasteiger partial charge in [-0.2, -0.15) is 0 Å². The van der Waals surface area contributed by atoms with E-state index < -0.39 is 4.92 Å². The van der Waals surface area contributed by atoms with E-state index in [1.165, 1.54) is 17.7 Å². The van der Waals surface area contributed by atoms with Crippen LogP contribution in [0.3, 0.4) is 0 Å². The Morgan fingerprint density at radius 1 is 1.04 bits per heavy atom. The first-order chi connectivity index (χ1) is 11.2. The lowest BCUT2D eigenvalue weighted by molar-refractivity contribution is -0.384. The molecule has 0 radical (unpaired) electrons. The van der Waals surface area contributed by atoms with Crippen molar-refractivity contribution in [2.75, 3.05) is 5.32 Å². The van der Waals surface area contributed by atoms with Gasteiger partial charge in [-0.1, -0.05) is 24.3 Å². The van der Waals surface area contributed by atoms with Crippen molar-refractivity contribution in [1.29, 1.82) is 0 Å². The first-order valence-corrected chi connectivity index (χ1v) is 7.22. The highest BCUT2D eigenvalue weighted by Crippen LogP contribution is 2.16. The van der Waals surface area contributed by atoms with Crippen LogP contribution in [0.2, 0.25) is 0 Å². The van der Waals surface area contributed by atoms with Crippen molar-refractivity contribution in [1.82, 2.24) is 9.55 Å². The van der Waals surface area contributed by atoms with Crippen LogP contribution < -0.4 is 5.32 Å². The second kappa shape index (κ2) is 6.74. The number of benzene rings is 2. The number of non-ortho nitro benzene ring substituents is 1. The van der Waals surface area contributed by atoms with E-state index in [0.717, 1.165) is 17.8 Å². The highest BCUT2D eigenvalue weighted by Gasteiger charge is 2.03. The highest BCUT2D eigenvalue weighted by molar-refractivity contribution is 5.48. The zero-order chi connectivity index (χ0) is 16.1. The van der Waals surface area contributed by atoms with Crippen molar-refractivity contribution in [3.05, 3.63) is 88.5 Å². The van der Waals surface area contributed by atoms with Crippen LogP contribution in [0.1, 0.15) is 11.1 Å². The molecule has 116 valence electrons. The Bertz CT molecular complexity index is 765. The third-order valence-corrected chi connectivity index (χ3v) is 3.52. The normalized spacial score (nSPS) is 10.4. The Labute approximate surface area is 133 Å². The molecule has 0 unspecified atom stereocenters. The Balaban J connectivity index is 1.56. The number of hydrogen-bond acceptors (Lipinski definition) is 4. The summed E-state index contributed by atoms with van der Waals surface area (Å²) < 4.78 is 2.02. The fraction of sp³-hybridized carbons (Fsp3) is 0.118. The van der Waals surface area contributed by atoms with Gasteiger partial charge >= 0.3 is 0 Å². The molecule has 3 aromatic rings. The average Bonchev–Trinajstić information content (AvgIpc) is 3.07. The Morgan fingerprint density at radius 3 is 2.35 bits per heavy atom. The maximum atomic E-state index is 10.6. The Hall–Kier alpha value is -3.15. The third kappa shape index (κ3) is 3.94. The van der Waals surface area contributed by atoms with E-state index >= 15 is 0 Å². The van der Waals surface area contributed by atoms with Crippen LogP contribution in [0.15, 0.2) is 67.3 Å². The van der Waals surface area contributed by atoms with Gasteiger partial charge in [-0.05, 0) is 23.3 Å². The van der Waals surface area contributed by atoms with Gasteiger partial charge in [-0.25, -0.2) is 4.98 Å². The largest absolute Gasteiger partial charge is 0.381 e. The summed E-state index contributed by atoms with van der Waals surface area (Å²) in [6.07, 6.45) is 5.50. The van der Waals surface area contributed by atoms with Crippen LogP contribution >= 0.6 is 0 Å². The molecule has 0 aliphatic rings. The minimum Gasteiger partial charge on any atom is -0.381 e. The summed E-state index contributed by atoms with van der Waals surface area (Å²) in [5.41, 5.74) is 3.32. The monoisotopic (exact) mass is 308 g/mol. The summed E-state index contributed by atoms with van der Waals surface area (Å²) in [7, 11) is 0. The highest BCUT2D eigenvalue weighted by atomic mass is 16.6. The summed E-state index contributed by atoms with van der Waals surface area (Å²) >= 11 is 0. The summed E-state index contributed by atoms with van der Waals surface area (Å²) in [6, 6.07) is 14.7. The van der Waals surface area contributed by atoms with Crippen molar-refractivity contribution in [3.8, 4) is 0 Å². The van der Waals surface area contributed by atoms with Crippen LogP contribution in [0.25, 0.3) is 0 Å². The van der Waals surface area contributed by atoms with Gasteiger partial charge in [0, 0.05) is 43.3 Å². The maximum Gasteiger partial charge on any atom is 0.269 e. The van der Waals surface area contributed by atoms with E-state index in [1.807, 2.05) is 10.8 Å². The topological polar surface area (TPSA) is 73.0 Å². The predicted molar refractivity (Wildman–Crippen MR) is 88.2 cm³/mol. The smallest absolute Gasteiger partial charge is 0.269 e. The van der Waals surface area contributed by atoms with Gasteiger partial charge in [0.1, 0.15) is 0 Å². The average molecular weight is 308 g/mol. The van der Waals surface area contributed by atoms with Crippen molar-refractivity contribution in [3.63, 3.8) is 0 Å². The van der Waals surface area contributed by atoms with Gasteiger partial charge in [0.2, 0.25) is 0 Å². The number of hydrogen-bond donors (Lipinski definition) is 1. The lowest BCUT2D eigenvalue weighted by Crippen LogP contribution is -2.01. The molecule has 0 amide bonds. The molecule has 6 heteroatoms. The van der Waals surface area contributed by atoms with Crippen LogP contribution in [-0.4, -0.2) is 14.5 Å². The minimum atomic E-state index is -0.400. The molecule has 0 fully saturated rings. The van der Waals surface area contributed by atoms with E-state index in [-0.39, 0.29) is 5.69 Å². The van der Waals surface area contributed by atoms with E-state index in [9.17, 15) is 10.1 Å². The molecule has 3 rings (SSSR count). The fourth-order valence-corrected chi connectivity index (χ4v) is 2.26. The molecule has 1 heterocycles. The van der Waals surface area contributed by atoms with Gasteiger partial charge in [0.05, 0.1) is 11.3 Å². The quantitative estimate of drug-likeness (QED) is 0.559.